The summed E-state index contributed by atoms with van der Waals surface area (Å²) in [5, 5.41) is 1.03. The number of aryl methyl sites for hydroxylation is 1. The molecule has 3 aromatic heterocycles. The quantitative estimate of drug-likeness (QED) is 0.486. The van der Waals surface area contributed by atoms with Crippen LogP contribution in [0, 0.1) is 6.92 Å². The molecule has 1 saturated heterocycles. The number of aromatic nitrogens is 4. The second-order valence-corrected chi connectivity index (χ2v) is 7.40. The van der Waals surface area contributed by atoms with Crippen LogP contribution >= 0.6 is 22.9 Å². The van der Waals surface area contributed by atoms with Crippen LogP contribution in [0.4, 0.5) is 11.8 Å². The zero-order valence-electron chi connectivity index (χ0n) is 14.8. The Hall–Kier alpha value is -2.52. The fourth-order valence-electron chi connectivity index (χ4n) is 3.18. The zero-order chi connectivity index (χ0) is 19.0. The molecule has 4 rings (SSSR count). The molecule has 0 radical (unpaired) electrons. The number of halogens is 1. The van der Waals surface area contributed by atoms with Crippen LogP contribution in [0.25, 0.3) is 10.2 Å². The SMILES string of the molecule is COC(=O)c1sc2nc(Cl)nc(N3CCN(c4ncccn4)CC3)c2c1C. The van der Waals surface area contributed by atoms with E-state index in [4.69, 9.17) is 16.3 Å². The van der Waals surface area contributed by atoms with Gasteiger partial charge in [0.1, 0.15) is 15.5 Å². The number of nitrogens with zero attached hydrogens (tertiary/aromatic N) is 6. The third-order valence-electron chi connectivity index (χ3n) is 4.53. The molecular weight excluding hydrogens is 388 g/mol. The summed E-state index contributed by atoms with van der Waals surface area (Å²) < 4.78 is 4.88. The number of hydrogen-bond donors (Lipinski definition) is 0. The monoisotopic (exact) mass is 404 g/mol. The Morgan fingerprint density at radius 2 is 1.81 bits per heavy atom. The van der Waals surface area contributed by atoms with Crippen molar-refractivity contribution in [2.24, 2.45) is 0 Å². The smallest absolute Gasteiger partial charge is 0.348 e. The number of methoxy groups -OCH3 is 1. The first kappa shape index (κ1) is 17.9. The standard InChI is InChI=1S/C17H17ClN6O2S/c1-10-11-13(21-16(18)22-14(11)27-12(10)15(25)26-2)23-6-8-24(9-7-23)17-19-4-3-5-20-17/h3-5H,6-9H2,1-2H3. The fraction of sp³-hybridized carbons (Fsp3) is 0.353. The van der Waals surface area contributed by atoms with E-state index >= 15 is 0 Å². The van der Waals surface area contributed by atoms with Crippen LogP contribution in [0.3, 0.4) is 0 Å². The summed E-state index contributed by atoms with van der Waals surface area (Å²) in [6.07, 6.45) is 3.48. The third-order valence-corrected chi connectivity index (χ3v) is 5.86. The van der Waals surface area contributed by atoms with Crippen molar-refractivity contribution in [3.05, 3.63) is 34.2 Å². The number of carbonyl (C=O) groups excluding carboxylic acids is 1. The van der Waals surface area contributed by atoms with Crippen molar-refractivity contribution in [3.8, 4) is 0 Å². The van der Waals surface area contributed by atoms with Gasteiger partial charge in [0.2, 0.25) is 11.2 Å². The van der Waals surface area contributed by atoms with E-state index in [1.54, 1.807) is 18.5 Å². The van der Waals surface area contributed by atoms with Crippen LogP contribution in [-0.2, 0) is 4.74 Å². The topological polar surface area (TPSA) is 84.3 Å². The van der Waals surface area contributed by atoms with Crippen LogP contribution < -0.4 is 9.80 Å². The summed E-state index contributed by atoms with van der Waals surface area (Å²) in [5.41, 5.74) is 0.822. The number of esters is 1. The molecule has 1 fully saturated rings. The molecule has 4 heterocycles. The summed E-state index contributed by atoms with van der Waals surface area (Å²) in [6, 6.07) is 1.80. The van der Waals surface area contributed by atoms with Gasteiger partial charge in [0.05, 0.1) is 12.5 Å². The molecule has 1 aliphatic heterocycles. The molecule has 10 heteroatoms. The Labute approximate surface area is 164 Å². The highest BCUT2D eigenvalue weighted by atomic mass is 35.5. The molecule has 0 N–H and O–H groups in total. The van der Waals surface area contributed by atoms with Gasteiger partial charge >= 0.3 is 5.97 Å². The van der Waals surface area contributed by atoms with E-state index in [0.717, 1.165) is 48.9 Å². The van der Waals surface area contributed by atoms with Gasteiger partial charge in [-0.1, -0.05) is 0 Å². The number of ether oxygens (including phenoxy) is 1. The van der Waals surface area contributed by atoms with E-state index in [0.29, 0.717) is 9.71 Å². The molecule has 0 bridgehead atoms. The van der Waals surface area contributed by atoms with Crippen molar-refractivity contribution in [2.75, 3.05) is 43.1 Å². The fourth-order valence-corrected chi connectivity index (χ4v) is 4.49. The van der Waals surface area contributed by atoms with E-state index in [1.165, 1.54) is 18.4 Å². The molecule has 0 aliphatic carbocycles. The average molecular weight is 405 g/mol. The largest absolute Gasteiger partial charge is 0.465 e. The molecule has 0 aromatic carbocycles. The Balaban J connectivity index is 1.66. The van der Waals surface area contributed by atoms with Gasteiger partial charge in [0, 0.05) is 38.6 Å². The average Bonchev–Trinajstić information content (AvgIpc) is 3.04. The first-order chi connectivity index (χ1) is 13.1. The summed E-state index contributed by atoms with van der Waals surface area (Å²) in [5.74, 6) is 1.11. The second-order valence-electron chi connectivity index (χ2n) is 6.07. The van der Waals surface area contributed by atoms with Crippen LogP contribution in [0.1, 0.15) is 15.2 Å². The van der Waals surface area contributed by atoms with Gasteiger partial charge in [0.15, 0.2) is 0 Å². The lowest BCUT2D eigenvalue weighted by molar-refractivity contribution is 0.0605. The number of anilines is 2. The van der Waals surface area contributed by atoms with Crippen molar-refractivity contribution < 1.29 is 9.53 Å². The molecule has 27 heavy (non-hydrogen) atoms. The molecule has 0 amide bonds. The Kier molecular flexibility index (Phi) is 4.79. The molecule has 0 saturated carbocycles. The maximum Gasteiger partial charge on any atom is 0.348 e. The minimum absolute atomic E-state index is 0.170. The van der Waals surface area contributed by atoms with Gasteiger partial charge in [-0.2, -0.15) is 4.98 Å². The summed E-state index contributed by atoms with van der Waals surface area (Å²) in [6.45, 7) is 4.90. The molecule has 0 spiro atoms. The number of piperazine rings is 1. The molecule has 0 unspecified atom stereocenters. The lowest BCUT2D eigenvalue weighted by Crippen LogP contribution is -2.47. The predicted molar refractivity (Wildman–Crippen MR) is 105 cm³/mol. The van der Waals surface area contributed by atoms with Crippen molar-refractivity contribution in [1.82, 2.24) is 19.9 Å². The maximum absolute atomic E-state index is 12.0. The van der Waals surface area contributed by atoms with E-state index in [-0.39, 0.29) is 11.3 Å². The van der Waals surface area contributed by atoms with Crippen LogP contribution in [0.2, 0.25) is 5.28 Å². The number of hydrogen-bond acceptors (Lipinski definition) is 9. The van der Waals surface area contributed by atoms with Gasteiger partial charge in [0.25, 0.3) is 0 Å². The maximum atomic E-state index is 12.0. The van der Waals surface area contributed by atoms with Crippen molar-refractivity contribution >= 4 is 50.9 Å². The van der Waals surface area contributed by atoms with Crippen molar-refractivity contribution in [3.63, 3.8) is 0 Å². The molecule has 1 aliphatic rings. The van der Waals surface area contributed by atoms with Gasteiger partial charge in [-0.25, -0.2) is 19.7 Å². The van der Waals surface area contributed by atoms with Crippen LogP contribution in [0.5, 0.6) is 0 Å². The lowest BCUT2D eigenvalue weighted by atomic mass is 10.2. The van der Waals surface area contributed by atoms with Crippen molar-refractivity contribution in [1.29, 1.82) is 0 Å². The highest BCUT2D eigenvalue weighted by Gasteiger charge is 2.26. The highest BCUT2D eigenvalue weighted by molar-refractivity contribution is 7.20. The predicted octanol–water partition coefficient (Wildman–Crippen LogP) is 2.56. The van der Waals surface area contributed by atoms with Crippen LogP contribution in [-0.4, -0.2) is 59.2 Å². The number of carbonyl (C=O) groups is 1. The molecular formula is C17H17ClN6O2S. The Morgan fingerprint density at radius 1 is 1.15 bits per heavy atom. The van der Waals surface area contributed by atoms with E-state index in [2.05, 4.69) is 29.7 Å². The third kappa shape index (κ3) is 3.28. The number of rotatable bonds is 3. The number of fused-ring (bicyclic) bond motifs is 1. The van der Waals surface area contributed by atoms with Crippen molar-refractivity contribution in [2.45, 2.75) is 6.92 Å². The zero-order valence-corrected chi connectivity index (χ0v) is 16.4. The molecule has 8 nitrogen and oxygen atoms in total. The molecule has 0 atom stereocenters. The minimum Gasteiger partial charge on any atom is -0.465 e. The molecule has 3 aromatic rings. The Bertz CT molecular complexity index is 988. The van der Waals surface area contributed by atoms with E-state index in [1.807, 2.05) is 6.92 Å². The Morgan fingerprint density at radius 3 is 2.48 bits per heavy atom. The first-order valence-electron chi connectivity index (χ1n) is 8.40. The van der Waals surface area contributed by atoms with E-state index in [9.17, 15) is 4.79 Å². The van der Waals surface area contributed by atoms with Gasteiger partial charge < -0.3 is 14.5 Å². The normalized spacial score (nSPS) is 14.6. The molecule has 140 valence electrons. The first-order valence-corrected chi connectivity index (χ1v) is 9.60. The highest BCUT2D eigenvalue weighted by Crippen LogP contribution is 2.37. The van der Waals surface area contributed by atoms with E-state index < -0.39 is 0 Å². The van der Waals surface area contributed by atoms with Gasteiger partial charge in [-0.15, -0.1) is 11.3 Å². The number of thiophene rings is 1. The minimum atomic E-state index is -0.372. The second kappa shape index (κ2) is 7.24. The lowest BCUT2D eigenvalue weighted by Gasteiger charge is -2.35. The summed E-state index contributed by atoms with van der Waals surface area (Å²) in [4.78, 5) is 35.0. The van der Waals surface area contributed by atoms with Gasteiger partial charge in [-0.05, 0) is 30.2 Å². The summed E-state index contributed by atoms with van der Waals surface area (Å²) in [7, 11) is 1.37. The van der Waals surface area contributed by atoms with Crippen LogP contribution in [0.15, 0.2) is 18.5 Å². The summed E-state index contributed by atoms with van der Waals surface area (Å²) >= 11 is 7.43. The van der Waals surface area contributed by atoms with Gasteiger partial charge in [-0.3, -0.25) is 0 Å².